The lowest BCUT2D eigenvalue weighted by atomic mass is 10.2. The van der Waals surface area contributed by atoms with E-state index >= 15 is 0 Å². The smallest absolute Gasteiger partial charge is 0.144 e. The second-order valence-electron chi connectivity index (χ2n) is 3.90. The fourth-order valence-corrected chi connectivity index (χ4v) is 1.58. The zero-order chi connectivity index (χ0) is 13.0. The fourth-order valence-electron chi connectivity index (χ4n) is 1.58. The molecular formula is C13H13N5. The first-order valence-corrected chi connectivity index (χ1v) is 5.51. The molecule has 2 aromatic rings. The summed E-state index contributed by atoms with van der Waals surface area (Å²) in [5.41, 5.74) is 8.35. The molecule has 0 saturated carbocycles. The van der Waals surface area contributed by atoms with Crippen molar-refractivity contribution in [3.05, 3.63) is 47.4 Å². The third kappa shape index (κ3) is 2.74. The maximum atomic E-state index is 8.98. The first-order valence-electron chi connectivity index (χ1n) is 5.51. The van der Waals surface area contributed by atoms with Gasteiger partial charge in [-0.05, 0) is 25.1 Å². The summed E-state index contributed by atoms with van der Waals surface area (Å²) in [4.78, 5) is 8.46. The van der Waals surface area contributed by atoms with Crippen LogP contribution in [0.4, 0.5) is 11.5 Å². The molecule has 0 aliphatic carbocycles. The average molecular weight is 239 g/mol. The van der Waals surface area contributed by atoms with Crippen molar-refractivity contribution in [3.8, 4) is 6.07 Å². The minimum Gasteiger partial charge on any atom is -0.397 e. The van der Waals surface area contributed by atoms with Gasteiger partial charge in [0.1, 0.15) is 11.9 Å². The van der Waals surface area contributed by atoms with E-state index in [-0.39, 0.29) is 0 Å². The number of pyridine rings is 2. The van der Waals surface area contributed by atoms with Gasteiger partial charge in [0.05, 0.1) is 29.7 Å². The molecule has 5 heteroatoms. The standard InChI is InChI=1S/C13H13N5/c1-9-3-2-4-12(18-9)8-17-13-10(6-14)5-11(15)7-16-13/h2-5,7H,8,15H2,1H3,(H,16,17). The van der Waals surface area contributed by atoms with Crippen LogP contribution in [0, 0.1) is 18.3 Å². The minimum atomic E-state index is 0.433. The summed E-state index contributed by atoms with van der Waals surface area (Å²) < 4.78 is 0. The van der Waals surface area contributed by atoms with Crippen LogP contribution >= 0.6 is 0 Å². The lowest BCUT2D eigenvalue weighted by Gasteiger charge is -2.07. The van der Waals surface area contributed by atoms with Gasteiger partial charge >= 0.3 is 0 Å². The van der Waals surface area contributed by atoms with E-state index in [4.69, 9.17) is 11.0 Å². The largest absolute Gasteiger partial charge is 0.397 e. The van der Waals surface area contributed by atoms with E-state index in [0.717, 1.165) is 11.4 Å². The van der Waals surface area contributed by atoms with Crippen LogP contribution in [-0.4, -0.2) is 9.97 Å². The molecule has 0 aliphatic rings. The molecule has 0 fully saturated rings. The number of rotatable bonds is 3. The molecule has 0 aromatic carbocycles. The van der Waals surface area contributed by atoms with Crippen molar-refractivity contribution < 1.29 is 0 Å². The van der Waals surface area contributed by atoms with Crippen molar-refractivity contribution in [2.75, 3.05) is 11.1 Å². The number of nitriles is 1. The Kier molecular flexibility index (Phi) is 3.39. The van der Waals surface area contributed by atoms with Crippen LogP contribution in [0.1, 0.15) is 17.0 Å². The van der Waals surface area contributed by atoms with Gasteiger partial charge in [0, 0.05) is 5.69 Å². The third-order valence-electron chi connectivity index (χ3n) is 2.41. The number of aromatic nitrogens is 2. The molecule has 0 atom stereocenters. The molecule has 0 bridgehead atoms. The van der Waals surface area contributed by atoms with Crippen LogP contribution in [0.5, 0.6) is 0 Å². The highest BCUT2D eigenvalue weighted by Gasteiger charge is 2.04. The molecule has 2 aromatic heterocycles. The Bertz CT molecular complexity index is 601. The fraction of sp³-hybridized carbons (Fsp3) is 0.154. The summed E-state index contributed by atoms with van der Waals surface area (Å²) in [6.07, 6.45) is 1.52. The van der Waals surface area contributed by atoms with Gasteiger partial charge in [0.15, 0.2) is 0 Å². The Balaban J connectivity index is 2.14. The molecule has 5 nitrogen and oxygen atoms in total. The van der Waals surface area contributed by atoms with Crippen molar-refractivity contribution in [3.63, 3.8) is 0 Å². The van der Waals surface area contributed by atoms with Crippen LogP contribution in [-0.2, 0) is 6.54 Å². The Morgan fingerprint density at radius 3 is 3.00 bits per heavy atom. The third-order valence-corrected chi connectivity index (χ3v) is 2.41. The van der Waals surface area contributed by atoms with Crippen LogP contribution < -0.4 is 11.1 Å². The molecule has 0 spiro atoms. The highest BCUT2D eigenvalue weighted by Crippen LogP contribution is 2.14. The van der Waals surface area contributed by atoms with E-state index in [0.29, 0.717) is 23.6 Å². The predicted octanol–water partition coefficient (Wildman–Crippen LogP) is 1.85. The maximum absolute atomic E-state index is 8.98. The van der Waals surface area contributed by atoms with Crippen LogP contribution in [0.25, 0.3) is 0 Å². The Morgan fingerprint density at radius 1 is 1.44 bits per heavy atom. The zero-order valence-electron chi connectivity index (χ0n) is 10.0. The second-order valence-corrected chi connectivity index (χ2v) is 3.90. The van der Waals surface area contributed by atoms with Gasteiger partial charge in [0.2, 0.25) is 0 Å². The van der Waals surface area contributed by atoms with E-state index in [1.165, 1.54) is 6.20 Å². The summed E-state index contributed by atoms with van der Waals surface area (Å²) in [5, 5.41) is 12.1. The molecule has 0 saturated heterocycles. The van der Waals surface area contributed by atoms with Gasteiger partial charge in [-0.2, -0.15) is 5.26 Å². The van der Waals surface area contributed by atoms with E-state index in [1.54, 1.807) is 6.07 Å². The number of nitrogen functional groups attached to an aromatic ring is 1. The number of anilines is 2. The van der Waals surface area contributed by atoms with Crippen molar-refractivity contribution in [1.82, 2.24) is 9.97 Å². The van der Waals surface area contributed by atoms with Gasteiger partial charge in [-0.3, -0.25) is 4.98 Å². The Hall–Kier alpha value is -2.61. The first kappa shape index (κ1) is 11.9. The van der Waals surface area contributed by atoms with Gasteiger partial charge in [-0.25, -0.2) is 4.98 Å². The number of hydrogen-bond donors (Lipinski definition) is 2. The van der Waals surface area contributed by atoms with E-state index in [9.17, 15) is 0 Å². The zero-order valence-corrected chi connectivity index (χ0v) is 10.0. The quantitative estimate of drug-likeness (QED) is 0.853. The summed E-state index contributed by atoms with van der Waals surface area (Å²) >= 11 is 0. The lowest BCUT2D eigenvalue weighted by molar-refractivity contribution is 1.00. The van der Waals surface area contributed by atoms with Crippen LogP contribution in [0.15, 0.2) is 30.5 Å². The first-order chi connectivity index (χ1) is 8.69. The maximum Gasteiger partial charge on any atom is 0.144 e. The van der Waals surface area contributed by atoms with Crippen LogP contribution in [0.2, 0.25) is 0 Å². The summed E-state index contributed by atoms with van der Waals surface area (Å²) in [5.74, 6) is 0.523. The molecule has 0 radical (unpaired) electrons. The van der Waals surface area contributed by atoms with Crippen LogP contribution in [0.3, 0.4) is 0 Å². The Labute approximate surface area is 105 Å². The van der Waals surface area contributed by atoms with Crippen molar-refractivity contribution >= 4 is 11.5 Å². The average Bonchev–Trinajstić information content (AvgIpc) is 2.37. The SMILES string of the molecule is Cc1cccc(CNc2ncc(N)cc2C#N)n1. The number of nitrogens with one attached hydrogen (secondary N) is 1. The van der Waals surface area contributed by atoms with Gasteiger partial charge in [-0.15, -0.1) is 0 Å². The molecule has 0 aliphatic heterocycles. The van der Waals surface area contributed by atoms with Gasteiger partial charge in [0.25, 0.3) is 0 Å². The number of hydrogen-bond acceptors (Lipinski definition) is 5. The molecule has 0 unspecified atom stereocenters. The predicted molar refractivity (Wildman–Crippen MR) is 69.7 cm³/mol. The van der Waals surface area contributed by atoms with E-state index < -0.39 is 0 Å². The van der Waals surface area contributed by atoms with Gasteiger partial charge < -0.3 is 11.1 Å². The number of nitrogens with two attached hydrogens (primary N) is 1. The van der Waals surface area contributed by atoms with Crippen molar-refractivity contribution in [1.29, 1.82) is 5.26 Å². The molecule has 2 heterocycles. The molecular weight excluding hydrogens is 226 g/mol. The van der Waals surface area contributed by atoms with E-state index in [1.807, 2.05) is 25.1 Å². The monoisotopic (exact) mass is 239 g/mol. The number of nitrogens with zero attached hydrogens (tertiary/aromatic N) is 3. The molecule has 90 valence electrons. The molecule has 2 rings (SSSR count). The molecule has 3 N–H and O–H groups in total. The summed E-state index contributed by atoms with van der Waals surface area (Å²) in [6.45, 7) is 2.46. The Morgan fingerprint density at radius 2 is 2.28 bits per heavy atom. The lowest BCUT2D eigenvalue weighted by Crippen LogP contribution is -2.06. The van der Waals surface area contributed by atoms with E-state index in [2.05, 4.69) is 21.4 Å². The topological polar surface area (TPSA) is 87.6 Å². The van der Waals surface area contributed by atoms with Gasteiger partial charge in [-0.1, -0.05) is 6.07 Å². The summed E-state index contributed by atoms with van der Waals surface area (Å²) in [6, 6.07) is 9.46. The molecule has 0 amide bonds. The highest BCUT2D eigenvalue weighted by molar-refractivity contribution is 5.57. The molecule has 18 heavy (non-hydrogen) atoms. The summed E-state index contributed by atoms with van der Waals surface area (Å²) in [7, 11) is 0. The van der Waals surface area contributed by atoms with Crippen molar-refractivity contribution in [2.24, 2.45) is 0 Å². The normalized spacial score (nSPS) is 9.78. The number of aryl methyl sites for hydroxylation is 1. The van der Waals surface area contributed by atoms with Crippen molar-refractivity contribution in [2.45, 2.75) is 13.5 Å². The highest BCUT2D eigenvalue weighted by atomic mass is 15.0. The second kappa shape index (κ2) is 5.15. The minimum absolute atomic E-state index is 0.433.